The third-order valence-corrected chi connectivity index (χ3v) is 3.15. The van der Waals surface area contributed by atoms with Crippen molar-refractivity contribution in [3.8, 4) is 0 Å². The standard InChI is InChI=1S/C14H20FNO/c1-11(16-10-14-6-3-7-17-14)8-12-4-2-5-13(15)9-12/h2,4-5,9,11,14,16H,3,6-8,10H2,1H3. The Hall–Kier alpha value is -0.930. The summed E-state index contributed by atoms with van der Waals surface area (Å²) in [5.41, 5.74) is 1.04. The topological polar surface area (TPSA) is 21.3 Å². The number of halogens is 1. The highest BCUT2D eigenvalue weighted by molar-refractivity contribution is 5.17. The molecule has 2 atom stereocenters. The van der Waals surface area contributed by atoms with Crippen molar-refractivity contribution in [1.82, 2.24) is 5.32 Å². The highest BCUT2D eigenvalue weighted by atomic mass is 19.1. The van der Waals surface area contributed by atoms with Crippen molar-refractivity contribution in [2.45, 2.75) is 38.3 Å². The van der Waals surface area contributed by atoms with Crippen LogP contribution in [0.5, 0.6) is 0 Å². The number of nitrogens with one attached hydrogen (secondary N) is 1. The van der Waals surface area contributed by atoms with E-state index in [9.17, 15) is 4.39 Å². The van der Waals surface area contributed by atoms with Gasteiger partial charge in [0.1, 0.15) is 5.82 Å². The average Bonchev–Trinajstić information content (AvgIpc) is 2.79. The van der Waals surface area contributed by atoms with Gasteiger partial charge in [-0.2, -0.15) is 0 Å². The van der Waals surface area contributed by atoms with Crippen molar-refractivity contribution in [1.29, 1.82) is 0 Å². The van der Waals surface area contributed by atoms with Gasteiger partial charge in [0.2, 0.25) is 0 Å². The van der Waals surface area contributed by atoms with Gasteiger partial charge in [0.15, 0.2) is 0 Å². The van der Waals surface area contributed by atoms with E-state index in [-0.39, 0.29) is 5.82 Å². The smallest absolute Gasteiger partial charge is 0.123 e. The molecule has 2 unspecified atom stereocenters. The third kappa shape index (κ3) is 4.10. The fourth-order valence-electron chi connectivity index (χ4n) is 2.23. The number of hydrogen-bond donors (Lipinski definition) is 1. The Morgan fingerprint density at radius 2 is 2.41 bits per heavy atom. The van der Waals surface area contributed by atoms with Crippen molar-refractivity contribution in [2.24, 2.45) is 0 Å². The molecule has 17 heavy (non-hydrogen) atoms. The molecule has 2 rings (SSSR count). The Morgan fingerprint density at radius 3 is 3.12 bits per heavy atom. The van der Waals surface area contributed by atoms with Crippen LogP contribution in [-0.4, -0.2) is 25.3 Å². The van der Waals surface area contributed by atoms with Gasteiger partial charge in [-0.3, -0.25) is 0 Å². The number of ether oxygens (including phenoxy) is 1. The van der Waals surface area contributed by atoms with Crippen LogP contribution >= 0.6 is 0 Å². The molecule has 1 aromatic rings. The lowest BCUT2D eigenvalue weighted by Gasteiger charge is -2.17. The molecule has 0 amide bonds. The fraction of sp³-hybridized carbons (Fsp3) is 0.571. The predicted octanol–water partition coefficient (Wildman–Crippen LogP) is 2.53. The predicted molar refractivity (Wildman–Crippen MR) is 66.5 cm³/mol. The lowest BCUT2D eigenvalue weighted by atomic mass is 10.1. The van der Waals surface area contributed by atoms with Gasteiger partial charge < -0.3 is 10.1 Å². The highest BCUT2D eigenvalue weighted by Crippen LogP contribution is 2.11. The monoisotopic (exact) mass is 237 g/mol. The van der Waals surface area contributed by atoms with Gasteiger partial charge in [0.25, 0.3) is 0 Å². The van der Waals surface area contributed by atoms with Crippen LogP contribution in [0, 0.1) is 5.82 Å². The van der Waals surface area contributed by atoms with Gasteiger partial charge in [0, 0.05) is 19.2 Å². The van der Waals surface area contributed by atoms with E-state index < -0.39 is 0 Å². The molecule has 1 heterocycles. The van der Waals surface area contributed by atoms with Crippen molar-refractivity contribution >= 4 is 0 Å². The molecule has 3 heteroatoms. The average molecular weight is 237 g/mol. The van der Waals surface area contributed by atoms with Crippen LogP contribution in [0.25, 0.3) is 0 Å². The molecule has 0 saturated carbocycles. The molecule has 94 valence electrons. The zero-order valence-corrected chi connectivity index (χ0v) is 10.3. The minimum Gasteiger partial charge on any atom is -0.377 e. The van der Waals surface area contributed by atoms with Gasteiger partial charge in [-0.25, -0.2) is 4.39 Å². The second-order valence-corrected chi connectivity index (χ2v) is 4.78. The minimum absolute atomic E-state index is 0.158. The molecule has 0 aromatic heterocycles. The summed E-state index contributed by atoms with van der Waals surface area (Å²) in [7, 11) is 0. The van der Waals surface area contributed by atoms with E-state index in [1.165, 1.54) is 12.5 Å². The second kappa shape index (κ2) is 6.12. The van der Waals surface area contributed by atoms with Gasteiger partial charge in [-0.05, 0) is 43.9 Å². The SMILES string of the molecule is CC(Cc1cccc(F)c1)NCC1CCCO1. The van der Waals surface area contributed by atoms with E-state index in [2.05, 4.69) is 12.2 Å². The summed E-state index contributed by atoms with van der Waals surface area (Å²) in [5.74, 6) is -0.158. The highest BCUT2D eigenvalue weighted by Gasteiger charge is 2.15. The fourth-order valence-corrected chi connectivity index (χ4v) is 2.23. The molecule has 0 bridgehead atoms. The summed E-state index contributed by atoms with van der Waals surface area (Å²) in [4.78, 5) is 0. The number of benzene rings is 1. The van der Waals surface area contributed by atoms with Crippen molar-refractivity contribution in [2.75, 3.05) is 13.2 Å². The van der Waals surface area contributed by atoms with Crippen LogP contribution in [0.3, 0.4) is 0 Å². The zero-order chi connectivity index (χ0) is 12.1. The van der Waals surface area contributed by atoms with Crippen LogP contribution in [0.15, 0.2) is 24.3 Å². The summed E-state index contributed by atoms with van der Waals surface area (Å²) < 4.78 is 18.6. The Balaban J connectivity index is 1.74. The van der Waals surface area contributed by atoms with Crippen molar-refractivity contribution < 1.29 is 9.13 Å². The molecule has 1 aliphatic heterocycles. The second-order valence-electron chi connectivity index (χ2n) is 4.78. The first-order chi connectivity index (χ1) is 8.24. The van der Waals surface area contributed by atoms with E-state index in [1.54, 1.807) is 12.1 Å². The van der Waals surface area contributed by atoms with E-state index >= 15 is 0 Å². The summed E-state index contributed by atoms with van der Waals surface area (Å²) >= 11 is 0. The molecule has 0 radical (unpaired) electrons. The van der Waals surface area contributed by atoms with E-state index in [0.717, 1.165) is 31.6 Å². The Kier molecular flexibility index (Phi) is 4.51. The molecular weight excluding hydrogens is 217 g/mol. The minimum atomic E-state index is -0.158. The Morgan fingerprint density at radius 1 is 1.53 bits per heavy atom. The van der Waals surface area contributed by atoms with Crippen LogP contribution in [0.1, 0.15) is 25.3 Å². The van der Waals surface area contributed by atoms with Gasteiger partial charge in [-0.15, -0.1) is 0 Å². The van der Waals surface area contributed by atoms with E-state index in [1.807, 2.05) is 6.07 Å². The molecular formula is C14H20FNO. The summed E-state index contributed by atoms with van der Waals surface area (Å²) in [5, 5.41) is 3.45. The maximum atomic E-state index is 13.0. The molecule has 0 spiro atoms. The van der Waals surface area contributed by atoms with E-state index in [0.29, 0.717) is 12.1 Å². The lowest BCUT2D eigenvalue weighted by molar-refractivity contribution is 0.108. The normalized spacial score (nSPS) is 21.6. The lowest BCUT2D eigenvalue weighted by Crippen LogP contribution is -2.34. The first kappa shape index (κ1) is 12.5. The zero-order valence-electron chi connectivity index (χ0n) is 10.3. The van der Waals surface area contributed by atoms with Gasteiger partial charge in [0.05, 0.1) is 6.10 Å². The molecule has 1 aromatic carbocycles. The molecule has 1 fully saturated rings. The van der Waals surface area contributed by atoms with Crippen molar-refractivity contribution in [3.63, 3.8) is 0 Å². The molecule has 2 nitrogen and oxygen atoms in total. The summed E-state index contributed by atoms with van der Waals surface area (Å²) in [6.07, 6.45) is 3.54. The summed E-state index contributed by atoms with van der Waals surface area (Å²) in [6.45, 7) is 3.92. The van der Waals surface area contributed by atoms with Crippen LogP contribution < -0.4 is 5.32 Å². The van der Waals surface area contributed by atoms with Crippen LogP contribution in [0.2, 0.25) is 0 Å². The number of rotatable bonds is 5. The van der Waals surface area contributed by atoms with Gasteiger partial charge >= 0.3 is 0 Å². The molecule has 1 aliphatic rings. The van der Waals surface area contributed by atoms with Gasteiger partial charge in [-0.1, -0.05) is 12.1 Å². The van der Waals surface area contributed by atoms with E-state index in [4.69, 9.17) is 4.74 Å². The van der Waals surface area contributed by atoms with Crippen molar-refractivity contribution in [3.05, 3.63) is 35.6 Å². The quantitative estimate of drug-likeness (QED) is 0.849. The summed E-state index contributed by atoms with van der Waals surface area (Å²) in [6, 6.07) is 7.16. The maximum absolute atomic E-state index is 13.0. The third-order valence-electron chi connectivity index (χ3n) is 3.15. The van der Waals surface area contributed by atoms with Crippen LogP contribution in [0.4, 0.5) is 4.39 Å². The molecule has 1 saturated heterocycles. The molecule has 0 aliphatic carbocycles. The maximum Gasteiger partial charge on any atom is 0.123 e. The van der Waals surface area contributed by atoms with Crippen LogP contribution in [-0.2, 0) is 11.2 Å². The first-order valence-corrected chi connectivity index (χ1v) is 6.33. The Labute approximate surface area is 102 Å². The molecule has 1 N–H and O–H groups in total. The first-order valence-electron chi connectivity index (χ1n) is 6.33. The Bertz CT molecular complexity index is 350. The number of hydrogen-bond acceptors (Lipinski definition) is 2. The largest absolute Gasteiger partial charge is 0.377 e.